The number of hydrogen-bond acceptors (Lipinski definition) is 11. The van der Waals surface area contributed by atoms with Gasteiger partial charge in [0.25, 0.3) is 0 Å². The number of rotatable bonds is 13. The van der Waals surface area contributed by atoms with Crippen molar-refractivity contribution in [1.82, 2.24) is 35.3 Å². The summed E-state index contributed by atoms with van der Waals surface area (Å²) in [6.45, 7) is 15.2. The van der Waals surface area contributed by atoms with Gasteiger partial charge in [-0.15, -0.1) is 10.2 Å². The van der Waals surface area contributed by atoms with E-state index in [1.807, 2.05) is 68.3 Å². The summed E-state index contributed by atoms with van der Waals surface area (Å²) in [6, 6.07) is 11.8. The first-order valence-corrected chi connectivity index (χ1v) is 22.0. The van der Waals surface area contributed by atoms with E-state index in [9.17, 15) is 14.7 Å². The largest absolute Gasteiger partial charge is 0.480 e. The first kappa shape index (κ1) is 40.8. The highest BCUT2D eigenvalue weighted by Crippen LogP contribution is 2.75. The maximum Gasteiger partial charge on any atom is 0.355 e. The minimum Gasteiger partial charge on any atom is -0.480 e. The predicted molar refractivity (Wildman–Crippen MR) is 232 cm³/mol. The van der Waals surface area contributed by atoms with Crippen molar-refractivity contribution < 1.29 is 19.8 Å². The van der Waals surface area contributed by atoms with Crippen LogP contribution < -0.4 is 15.5 Å². The summed E-state index contributed by atoms with van der Waals surface area (Å²) >= 11 is 1.57. The second-order valence-corrected chi connectivity index (χ2v) is 19.4. The zero-order chi connectivity index (χ0) is 41.7. The highest BCUT2D eigenvalue weighted by atomic mass is 32.1. The van der Waals surface area contributed by atoms with Gasteiger partial charge in [0.05, 0.1) is 23.0 Å². The maximum absolute atomic E-state index is 12.9. The van der Waals surface area contributed by atoms with Crippen molar-refractivity contribution >= 4 is 56.1 Å². The number of fused-ring (bicyclic) bond motifs is 2. The number of aromatic nitrogens is 6. The number of nitrogens with one attached hydrogen (secondary N) is 2. The van der Waals surface area contributed by atoms with Gasteiger partial charge in [-0.3, -0.25) is 9.48 Å². The number of carboxylic acid groups (broad SMARTS) is 2. The zero-order valence-electron chi connectivity index (χ0n) is 35.2. The van der Waals surface area contributed by atoms with Crippen LogP contribution in [0.1, 0.15) is 113 Å². The van der Waals surface area contributed by atoms with Gasteiger partial charge in [0, 0.05) is 41.0 Å². The molecule has 1 aliphatic heterocycles. The van der Waals surface area contributed by atoms with E-state index in [0.717, 1.165) is 82.9 Å². The van der Waals surface area contributed by atoms with Crippen LogP contribution in [0.3, 0.4) is 0 Å². The monoisotopic (exact) mass is 819 g/mol. The summed E-state index contributed by atoms with van der Waals surface area (Å²) in [4.78, 5) is 35.4. The van der Waals surface area contributed by atoms with Crippen LogP contribution in [0, 0.1) is 35.5 Å². The third-order valence-electron chi connectivity index (χ3n) is 13.3. The molecule has 13 nitrogen and oxygen atoms in total. The highest BCUT2D eigenvalue weighted by molar-refractivity contribution is 7.22. The number of aliphatic carboxylic acids is 1. The number of aromatic carboxylic acids is 1. The Kier molecular flexibility index (Phi) is 10.8. The van der Waals surface area contributed by atoms with Gasteiger partial charge in [0.15, 0.2) is 22.5 Å². The fourth-order valence-electron chi connectivity index (χ4n) is 12.5. The molecule has 10 rings (SSSR count). The van der Waals surface area contributed by atoms with Crippen LogP contribution in [0.4, 0.5) is 22.6 Å². The van der Waals surface area contributed by atoms with Crippen LogP contribution in [-0.2, 0) is 17.8 Å². The van der Waals surface area contributed by atoms with Gasteiger partial charge >= 0.3 is 11.9 Å². The molecule has 1 aromatic carbocycles. The first-order chi connectivity index (χ1) is 28.2. The molecule has 4 saturated carbocycles. The van der Waals surface area contributed by atoms with Gasteiger partial charge in [-0.2, -0.15) is 5.10 Å². The Morgan fingerprint density at radius 1 is 0.898 bits per heavy atom. The summed E-state index contributed by atoms with van der Waals surface area (Å²) in [5.41, 5.74) is 6.14. The third-order valence-corrected chi connectivity index (χ3v) is 14.2. The molecule has 2 atom stereocenters. The predicted octanol–water partition coefficient (Wildman–Crippen LogP) is 9.34. The van der Waals surface area contributed by atoms with Gasteiger partial charge in [-0.05, 0) is 131 Å². The Hall–Kier alpha value is -4.95. The lowest BCUT2D eigenvalue weighted by atomic mass is 9.35. The molecule has 5 aromatic rings. The minimum atomic E-state index is -1.09. The number of carboxylic acids is 2. The topological polar surface area (TPSA) is 171 Å². The Bertz CT molecular complexity index is 2360. The summed E-state index contributed by atoms with van der Waals surface area (Å²) in [5, 5.41) is 41.0. The van der Waals surface area contributed by atoms with Crippen molar-refractivity contribution in [2.45, 2.75) is 112 Å². The molecule has 312 valence electrons. The average Bonchev–Trinajstić information content (AvgIpc) is 3.76. The summed E-state index contributed by atoms with van der Waals surface area (Å²) < 4.78 is 3.22. The van der Waals surface area contributed by atoms with Gasteiger partial charge < -0.3 is 25.7 Å². The van der Waals surface area contributed by atoms with Gasteiger partial charge in [-0.25, -0.2) is 14.8 Å². The summed E-state index contributed by atoms with van der Waals surface area (Å²) in [7, 11) is 0. The molecule has 4 aromatic heterocycles. The lowest BCUT2D eigenvalue weighted by molar-refractivity contribution is -0.197. The Balaban J connectivity index is 0.00000238. The lowest BCUT2D eigenvalue weighted by Gasteiger charge is -2.70. The number of nitrogens with zero attached hydrogens (tertiary/aromatic N) is 7. The van der Waals surface area contributed by atoms with Crippen molar-refractivity contribution in [3.05, 3.63) is 65.1 Å². The number of pyridine rings is 1. The molecular formula is C45H57N9O4S. The standard InChI is InChI=1S/C43H51N9O4S.C2H6/c1-26-28-9-7-16-51(37(28)50-49-36(26)48-39-46-31-10-5-6-11-32(31)57-39)33-13-12-29(35(47-33)38(55)56)30-17-45-52(27(30)2)25-43-22-40(3)19-41(4,23-43)21-42(20-40,24-43)14-8-15-44-18-34(53)54;1-2/h5-6,10-13,17,44H,7-9,14-16,18-25H2,1-4H3,(H,53,54)(H,55,56)(H,46,48,49);1-2H3. The quantitative estimate of drug-likeness (QED) is 0.0832. The molecule has 4 bridgehead atoms. The normalized spacial score (nSPS) is 25.4. The number of thiazole rings is 1. The number of hydrogen-bond donors (Lipinski definition) is 4. The van der Waals surface area contributed by atoms with Gasteiger partial charge in [0.2, 0.25) is 0 Å². The average molecular weight is 820 g/mol. The second-order valence-electron chi connectivity index (χ2n) is 18.4. The van der Waals surface area contributed by atoms with E-state index in [1.54, 1.807) is 11.3 Å². The number of carbonyl (C=O) groups is 2. The minimum absolute atomic E-state index is 0.00144. The Morgan fingerprint density at radius 2 is 1.64 bits per heavy atom. The van der Waals surface area contributed by atoms with E-state index in [2.05, 4.69) is 46.3 Å². The fraction of sp³-hybridized carbons (Fsp3) is 0.533. The molecule has 4 N–H and O–H groups in total. The summed E-state index contributed by atoms with van der Waals surface area (Å²) in [6.07, 6.45) is 12.8. The first-order valence-electron chi connectivity index (χ1n) is 21.2. The molecule has 0 radical (unpaired) electrons. The van der Waals surface area contributed by atoms with Crippen LogP contribution >= 0.6 is 11.3 Å². The van der Waals surface area contributed by atoms with E-state index in [-0.39, 0.29) is 33.9 Å². The molecule has 2 unspecified atom stereocenters. The third kappa shape index (κ3) is 7.81. The highest BCUT2D eigenvalue weighted by Gasteiger charge is 2.65. The second kappa shape index (κ2) is 15.6. The molecule has 4 aliphatic carbocycles. The molecule has 0 saturated heterocycles. The zero-order valence-corrected chi connectivity index (χ0v) is 36.0. The molecule has 0 spiro atoms. The molecule has 5 aliphatic rings. The molecule has 5 heterocycles. The maximum atomic E-state index is 12.9. The number of anilines is 4. The lowest BCUT2D eigenvalue weighted by Crippen LogP contribution is -2.60. The summed E-state index contributed by atoms with van der Waals surface area (Å²) in [5.74, 6) is -0.0191. The van der Waals surface area contributed by atoms with Crippen LogP contribution in [0.2, 0.25) is 0 Å². The Morgan fingerprint density at radius 3 is 2.37 bits per heavy atom. The van der Waals surface area contributed by atoms with Crippen molar-refractivity contribution in [1.29, 1.82) is 0 Å². The van der Waals surface area contributed by atoms with Crippen molar-refractivity contribution in [3.63, 3.8) is 0 Å². The van der Waals surface area contributed by atoms with E-state index in [1.165, 1.54) is 32.1 Å². The smallest absolute Gasteiger partial charge is 0.355 e. The van der Waals surface area contributed by atoms with Gasteiger partial charge in [0.1, 0.15) is 5.82 Å². The number of benzene rings is 1. The van der Waals surface area contributed by atoms with Gasteiger partial charge in [-0.1, -0.05) is 51.2 Å². The van der Waals surface area contributed by atoms with E-state index >= 15 is 0 Å². The van der Waals surface area contributed by atoms with Crippen molar-refractivity contribution in [2.75, 3.05) is 29.9 Å². The van der Waals surface area contributed by atoms with Crippen LogP contribution in [0.25, 0.3) is 21.3 Å². The Labute approximate surface area is 350 Å². The van der Waals surface area contributed by atoms with Crippen LogP contribution in [0.15, 0.2) is 42.6 Å². The molecule has 4 fully saturated rings. The van der Waals surface area contributed by atoms with Crippen molar-refractivity contribution in [3.8, 4) is 11.1 Å². The molecule has 14 heteroatoms. The fourth-order valence-corrected chi connectivity index (χ4v) is 13.4. The SMILES string of the molecule is CC.Cc1c(Nc2nc3ccccc3s2)nnc2c1CCCN2c1ccc(-c2cnn(CC34CC5(C)CC(C)(CC(CCCNCC(=O)O)(C5)C3)C4)c2C)c(C(=O)O)n1. The van der Waals surface area contributed by atoms with E-state index < -0.39 is 11.9 Å². The van der Waals surface area contributed by atoms with Crippen LogP contribution in [-0.4, -0.2) is 71.7 Å². The molecular weight excluding hydrogens is 763 g/mol. The van der Waals surface area contributed by atoms with E-state index in [4.69, 9.17) is 20.2 Å². The number of para-hydroxylation sites is 1. The van der Waals surface area contributed by atoms with Crippen molar-refractivity contribution in [2.24, 2.45) is 21.7 Å². The molecule has 0 amide bonds. The van der Waals surface area contributed by atoms with E-state index in [0.29, 0.717) is 29.6 Å². The van der Waals surface area contributed by atoms with Crippen LogP contribution in [0.5, 0.6) is 0 Å². The molecule has 59 heavy (non-hydrogen) atoms.